The van der Waals surface area contributed by atoms with Crippen LogP contribution in [-0.2, 0) is 9.59 Å². The first-order valence-corrected chi connectivity index (χ1v) is 15.3. The summed E-state index contributed by atoms with van der Waals surface area (Å²) in [5, 5.41) is 4.35. The molecular formula is C35H39ClN4O3. The fourth-order valence-corrected chi connectivity index (χ4v) is 6.89. The van der Waals surface area contributed by atoms with E-state index in [0.29, 0.717) is 24.5 Å². The normalized spacial score (nSPS) is 19.8. The van der Waals surface area contributed by atoms with Gasteiger partial charge in [0.1, 0.15) is 5.75 Å². The molecule has 1 aliphatic carbocycles. The summed E-state index contributed by atoms with van der Waals surface area (Å²) in [6.07, 6.45) is 1.21. The molecule has 0 aromatic heterocycles. The molecule has 8 heteroatoms. The third-order valence-electron chi connectivity index (χ3n) is 8.89. The molecule has 7 nitrogen and oxygen atoms in total. The first kappa shape index (κ1) is 29.1. The molecule has 1 amide bonds. The van der Waals surface area contributed by atoms with Gasteiger partial charge >= 0.3 is 0 Å². The fraction of sp³-hybridized carbons (Fsp3) is 0.371. The Morgan fingerprint density at radius 1 is 0.977 bits per heavy atom. The Bertz CT molecular complexity index is 1570. The molecule has 3 aromatic rings. The van der Waals surface area contributed by atoms with E-state index in [9.17, 15) is 9.59 Å². The van der Waals surface area contributed by atoms with Crippen molar-refractivity contribution in [2.75, 3.05) is 55.0 Å². The van der Waals surface area contributed by atoms with Crippen LogP contribution in [-0.4, -0.2) is 56.4 Å². The van der Waals surface area contributed by atoms with Gasteiger partial charge < -0.3 is 24.8 Å². The third-order valence-corrected chi connectivity index (χ3v) is 9.12. The molecule has 1 atom stereocenters. The molecule has 224 valence electrons. The number of piperazine rings is 1. The van der Waals surface area contributed by atoms with Gasteiger partial charge in [-0.1, -0.05) is 55.8 Å². The number of benzene rings is 3. The molecule has 0 bridgehead atoms. The lowest BCUT2D eigenvalue weighted by atomic mass is 9.73. The number of halogens is 1. The second kappa shape index (κ2) is 11.6. The predicted molar refractivity (Wildman–Crippen MR) is 173 cm³/mol. The van der Waals surface area contributed by atoms with Gasteiger partial charge in [0.2, 0.25) is 5.91 Å². The van der Waals surface area contributed by atoms with Crippen LogP contribution in [0.3, 0.4) is 0 Å². The van der Waals surface area contributed by atoms with Crippen molar-refractivity contribution in [1.82, 2.24) is 4.90 Å². The minimum absolute atomic E-state index is 0.0448. The van der Waals surface area contributed by atoms with Gasteiger partial charge in [-0.2, -0.15) is 0 Å². The summed E-state index contributed by atoms with van der Waals surface area (Å²) in [5.74, 6) is 0.912. The van der Waals surface area contributed by atoms with Crippen molar-refractivity contribution in [3.8, 4) is 5.75 Å². The molecule has 2 heterocycles. The molecule has 1 fully saturated rings. The Labute approximate surface area is 259 Å². The van der Waals surface area contributed by atoms with Crippen molar-refractivity contribution in [3.05, 3.63) is 94.1 Å². The van der Waals surface area contributed by atoms with E-state index in [1.807, 2.05) is 71.6 Å². The van der Waals surface area contributed by atoms with Crippen molar-refractivity contribution >= 4 is 40.4 Å². The minimum Gasteiger partial charge on any atom is -0.497 e. The van der Waals surface area contributed by atoms with Gasteiger partial charge in [-0.3, -0.25) is 9.59 Å². The Balaban J connectivity index is 1.34. The molecule has 6 rings (SSSR count). The summed E-state index contributed by atoms with van der Waals surface area (Å²) in [4.78, 5) is 34.4. The lowest BCUT2D eigenvalue weighted by Crippen LogP contribution is -2.52. The Hall–Kier alpha value is -3.97. The predicted octanol–water partition coefficient (Wildman–Crippen LogP) is 6.62. The number of anilines is 3. The Morgan fingerprint density at radius 2 is 1.70 bits per heavy atom. The maximum absolute atomic E-state index is 14.1. The van der Waals surface area contributed by atoms with Crippen LogP contribution >= 0.6 is 11.6 Å². The Kier molecular flexibility index (Phi) is 7.86. The largest absolute Gasteiger partial charge is 0.497 e. The average Bonchev–Trinajstić information content (AvgIpc) is 3.12. The number of carbonyl (C=O) groups is 2. The summed E-state index contributed by atoms with van der Waals surface area (Å²) in [6, 6.07) is 21.5. The van der Waals surface area contributed by atoms with E-state index in [4.69, 9.17) is 16.3 Å². The summed E-state index contributed by atoms with van der Waals surface area (Å²) in [5.41, 5.74) is 6.58. The van der Waals surface area contributed by atoms with Crippen LogP contribution in [0.2, 0.25) is 5.02 Å². The molecule has 0 saturated carbocycles. The van der Waals surface area contributed by atoms with E-state index in [-0.39, 0.29) is 23.7 Å². The average molecular weight is 599 g/mol. The number of carbonyl (C=O) groups excluding carboxylic acids is 2. The molecule has 1 saturated heterocycles. The molecule has 1 N–H and O–H groups in total. The molecule has 0 spiro atoms. The van der Waals surface area contributed by atoms with E-state index < -0.39 is 6.04 Å². The number of fused-ring (bicyclic) bond motifs is 1. The van der Waals surface area contributed by atoms with Crippen LogP contribution < -0.4 is 19.9 Å². The number of Topliss-reactive ketones (excluding diaryl/α,β-unsaturated/α-hetero) is 1. The van der Waals surface area contributed by atoms with Crippen molar-refractivity contribution in [3.63, 3.8) is 0 Å². The van der Waals surface area contributed by atoms with E-state index in [2.05, 4.69) is 35.9 Å². The monoisotopic (exact) mass is 598 g/mol. The van der Waals surface area contributed by atoms with Gasteiger partial charge in [0, 0.05) is 54.6 Å². The number of amides is 1. The van der Waals surface area contributed by atoms with Crippen LogP contribution in [0, 0.1) is 12.3 Å². The second-order valence-corrected chi connectivity index (χ2v) is 13.0. The fourth-order valence-electron chi connectivity index (χ4n) is 6.73. The van der Waals surface area contributed by atoms with Gasteiger partial charge in [0.15, 0.2) is 5.78 Å². The van der Waals surface area contributed by atoms with Gasteiger partial charge in [0.25, 0.3) is 0 Å². The van der Waals surface area contributed by atoms with Crippen LogP contribution in [0.5, 0.6) is 5.75 Å². The lowest BCUT2D eigenvalue weighted by molar-refractivity contribution is -0.130. The van der Waals surface area contributed by atoms with Crippen LogP contribution in [0.4, 0.5) is 17.1 Å². The van der Waals surface area contributed by atoms with Crippen molar-refractivity contribution in [2.45, 2.75) is 39.7 Å². The molecule has 0 radical (unpaired) electrons. The van der Waals surface area contributed by atoms with Gasteiger partial charge in [-0.25, -0.2) is 0 Å². The van der Waals surface area contributed by atoms with Crippen LogP contribution in [0.25, 0.3) is 0 Å². The highest BCUT2D eigenvalue weighted by atomic mass is 35.5. The highest BCUT2D eigenvalue weighted by Gasteiger charge is 2.42. The first-order valence-electron chi connectivity index (χ1n) is 15.0. The summed E-state index contributed by atoms with van der Waals surface area (Å²) in [7, 11) is 1.65. The maximum atomic E-state index is 14.1. The highest BCUT2D eigenvalue weighted by Crippen LogP contribution is 2.48. The summed E-state index contributed by atoms with van der Waals surface area (Å²) < 4.78 is 5.44. The molecule has 3 aliphatic rings. The zero-order valence-corrected chi connectivity index (χ0v) is 26.1. The van der Waals surface area contributed by atoms with Crippen molar-refractivity contribution < 1.29 is 14.3 Å². The number of para-hydroxylation sites is 2. The topological polar surface area (TPSA) is 65.1 Å². The van der Waals surface area contributed by atoms with Gasteiger partial charge in [-0.05, 0) is 66.3 Å². The highest BCUT2D eigenvalue weighted by molar-refractivity contribution is 6.30. The lowest BCUT2D eigenvalue weighted by Gasteiger charge is -2.40. The summed E-state index contributed by atoms with van der Waals surface area (Å²) >= 11 is 6.30. The third kappa shape index (κ3) is 5.83. The SMILES string of the molecule is COc1ccc(C2C3=C(CC(C)(C)CC3=O)Nc3ccccc3N2CC(=O)N2CCN(c3cc(Cl)ccc3C)CC2)cc1. The zero-order chi connectivity index (χ0) is 30.3. The van der Waals surface area contributed by atoms with E-state index >= 15 is 0 Å². The van der Waals surface area contributed by atoms with E-state index in [1.54, 1.807) is 7.11 Å². The number of methoxy groups -OCH3 is 1. The van der Waals surface area contributed by atoms with Gasteiger partial charge in [-0.15, -0.1) is 0 Å². The Morgan fingerprint density at radius 3 is 2.42 bits per heavy atom. The molecular weight excluding hydrogens is 560 g/mol. The molecule has 43 heavy (non-hydrogen) atoms. The molecule has 3 aromatic carbocycles. The molecule has 2 aliphatic heterocycles. The smallest absolute Gasteiger partial charge is 0.242 e. The standard InChI is InChI=1S/C35H39ClN4O3/c1-23-9-12-25(36)19-30(23)38-15-17-39(18-16-38)32(42)22-40-29-8-6-5-7-27(29)37-28-20-35(2,3)21-31(41)33(28)34(40)24-10-13-26(43-4)14-11-24/h5-14,19,34,37H,15-18,20-22H2,1-4H3. The number of nitrogens with one attached hydrogen (secondary N) is 1. The number of hydrogen-bond donors (Lipinski definition) is 1. The van der Waals surface area contributed by atoms with Crippen LogP contribution in [0.1, 0.15) is 43.9 Å². The van der Waals surface area contributed by atoms with Crippen LogP contribution in [0.15, 0.2) is 78.0 Å². The quantitative estimate of drug-likeness (QED) is 0.356. The first-order chi connectivity index (χ1) is 20.6. The zero-order valence-electron chi connectivity index (χ0n) is 25.3. The number of allylic oxidation sites excluding steroid dienone is 1. The van der Waals surface area contributed by atoms with E-state index in [1.165, 1.54) is 5.56 Å². The maximum Gasteiger partial charge on any atom is 0.242 e. The number of ether oxygens (including phenoxy) is 1. The van der Waals surface area contributed by atoms with Crippen molar-refractivity contribution in [1.29, 1.82) is 0 Å². The minimum atomic E-state index is -0.417. The summed E-state index contributed by atoms with van der Waals surface area (Å²) in [6.45, 7) is 9.22. The van der Waals surface area contributed by atoms with Crippen molar-refractivity contribution in [2.24, 2.45) is 5.41 Å². The number of nitrogens with zero attached hydrogens (tertiary/aromatic N) is 3. The number of hydrogen-bond acceptors (Lipinski definition) is 6. The molecule has 1 unspecified atom stereocenters. The number of rotatable bonds is 5. The number of ketones is 1. The second-order valence-electron chi connectivity index (χ2n) is 12.6. The number of aryl methyl sites for hydroxylation is 1. The van der Waals surface area contributed by atoms with E-state index in [0.717, 1.165) is 59.2 Å². The van der Waals surface area contributed by atoms with Gasteiger partial charge in [0.05, 0.1) is 31.1 Å².